The zero-order valence-electron chi connectivity index (χ0n) is 36.4. The Morgan fingerprint density at radius 3 is 2.18 bits per heavy atom. The van der Waals surface area contributed by atoms with E-state index in [1.807, 2.05) is 6.92 Å². The van der Waals surface area contributed by atoms with Crippen LogP contribution in [-0.2, 0) is 47.5 Å². The molecule has 18 unspecified atom stereocenters. The average Bonchev–Trinajstić information content (AvgIpc) is 3.15. The van der Waals surface area contributed by atoms with Crippen molar-refractivity contribution >= 4 is 11.7 Å². The smallest absolute Gasteiger partial charge is 0.311 e. The van der Waals surface area contributed by atoms with Crippen LogP contribution in [0, 0.1) is 23.7 Å². The molecule has 0 aliphatic carbocycles. The number of aliphatic hydroxyl groups excluding tert-OH is 3. The van der Waals surface area contributed by atoms with Gasteiger partial charge in [0.25, 0.3) is 0 Å². The molecule has 0 spiro atoms. The van der Waals surface area contributed by atoms with Crippen LogP contribution in [-0.4, -0.2) is 163 Å². The van der Waals surface area contributed by atoms with E-state index in [0.29, 0.717) is 18.7 Å². The fourth-order valence-electron chi connectivity index (χ4n) is 8.73. The number of esters is 1. The molecule has 3 fully saturated rings. The number of cyclic esters (lactones) is 1. The van der Waals surface area contributed by atoms with Crippen molar-refractivity contribution in [2.75, 3.05) is 41.3 Å². The van der Waals surface area contributed by atoms with Crippen molar-refractivity contribution in [3.63, 3.8) is 0 Å². The second kappa shape index (κ2) is 21.3. The van der Waals surface area contributed by atoms with Gasteiger partial charge in [-0.15, -0.1) is 0 Å². The van der Waals surface area contributed by atoms with Gasteiger partial charge in [-0.1, -0.05) is 32.9 Å². The predicted octanol–water partition coefficient (Wildman–Crippen LogP) is 1.87. The van der Waals surface area contributed by atoms with E-state index >= 15 is 0 Å². The number of hydrogen-bond donors (Lipinski definition) is 6. The average molecular weight is 823 g/mol. The van der Waals surface area contributed by atoms with Gasteiger partial charge in [-0.25, -0.2) is 0 Å². The van der Waals surface area contributed by atoms with Crippen molar-refractivity contribution in [2.24, 2.45) is 28.8 Å². The normalized spacial score (nSPS) is 46.3. The Morgan fingerprint density at radius 2 is 1.58 bits per heavy atom. The van der Waals surface area contributed by atoms with Crippen molar-refractivity contribution in [2.45, 2.75) is 179 Å². The van der Waals surface area contributed by atoms with Crippen LogP contribution in [0.15, 0.2) is 5.16 Å². The topological polar surface area (TPSA) is 226 Å². The standard InChI is InChI=1S/C40H74N2O15/c1-14-28-40(10,48)33(44)23(4)30(42-52-20-51-16-15-49-12)21(2)18-38(8,47)35(57-37-31(43)27(41-11)17-22(3)53-37)24(5)32(25(6)36(46)55-28)56-29-19-39(9,50-13)34(45)26(7)54-29/h21-29,31-35,37,41,43-45,47-48H,14-20H2,1-13H3/b42-30-. The molecule has 3 saturated heterocycles. The summed E-state index contributed by atoms with van der Waals surface area (Å²) >= 11 is 0. The summed E-state index contributed by atoms with van der Waals surface area (Å²) in [5.74, 6) is -4.14. The van der Waals surface area contributed by atoms with Gasteiger partial charge in [0.05, 0.1) is 66.6 Å². The van der Waals surface area contributed by atoms with Crippen molar-refractivity contribution in [3.05, 3.63) is 0 Å². The Balaban J connectivity index is 2.21. The molecule has 17 nitrogen and oxygen atoms in total. The van der Waals surface area contributed by atoms with E-state index in [1.54, 1.807) is 69.5 Å². The summed E-state index contributed by atoms with van der Waals surface area (Å²) in [5.41, 5.74) is -4.49. The number of nitrogens with zero attached hydrogens (tertiary/aromatic N) is 1. The molecule has 334 valence electrons. The number of ether oxygens (including phenoxy) is 8. The van der Waals surface area contributed by atoms with Crippen LogP contribution in [0.3, 0.4) is 0 Å². The van der Waals surface area contributed by atoms with Crippen LogP contribution in [0.4, 0.5) is 0 Å². The van der Waals surface area contributed by atoms with Crippen molar-refractivity contribution in [1.29, 1.82) is 0 Å². The van der Waals surface area contributed by atoms with Crippen LogP contribution in [0.5, 0.6) is 0 Å². The minimum Gasteiger partial charge on any atom is -0.459 e. The molecule has 3 aliphatic rings. The lowest BCUT2D eigenvalue weighted by Crippen LogP contribution is -2.61. The first-order chi connectivity index (χ1) is 26.6. The molecule has 0 aromatic heterocycles. The molecule has 0 radical (unpaired) electrons. The number of carbonyl (C=O) groups excluding carboxylic acids is 1. The van der Waals surface area contributed by atoms with Gasteiger partial charge in [0, 0.05) is 44.4 Å². The highest BCUT2D eigenvalue weighted by Gasteiger charge is 2.53. The first-order valence-corrected chi connectivity index (χ1v) is 20.4. The van der Waals surface area contributed by atoms with Crippen molar-refractivity contribution in [1.82, 2.24) is 5.32 Å². The van der Waals surface area contributed by atoms with Crippen LogP contribution < -0.4 is 5.32 Å². The fourth-order valence-corrected chi connectivity index (χ4v) is 8.73. The van der Waals surface area contributed by atoms with E-state index in [2.05, 4.69) is 10.5 Å². The van der Waals surface area contributed by atoms with E-state index in [1.165, 1.54) is 14.0 Å². The number of methoxy groups -OCH3 is 2. The third-order valence-electron chi connectivity index (χ3n) is 12.3. The summed E-state index contributed by atoms with van der Waals surface area (Å²) in [7, 11) is 4.77. The van der Waals surface area contributed by atoms with E-state index in [0.717, 1.165) is 0 Å². The number of hydrogen-bond acceptors (Lipinski definition) is 17. The lowest BCUT2D eigenvalue weighted by Gasteiger charge is -2.49. The van der Waals surface area contributed by atoms with Crippen LogP contribution in [0.25, 0.3) is 0 Å². The summed E-state index contributed by atoms with van der Waals surface area (Å²) in [6.45, 7) is 17.2. The second-order valence-electron chi connectivity index (χ2n) is 17.1. The zero-order valence-corrected chi connectivity index (χ0v) is 36.4. The van der Waals surface area contributed by atoms with Gasteiger partial charge in [0.15, 0.2) is 12.6 Å². The first kappa shape index (κ1) is 49.8. The second-order valence-corrected chi connectivity index (χ2v) is 17.1. The van der Waals surface area contributed by atoms with Gasteiger partial charge in [-0.05, 0) is 67.9 Å². The zero-order chi connectivity index (χ0) is 43.0. The number of aliphatic hydroxyl groups is 5. The SMILES string of the molecule is CCC1OC(=O)C(C)C(OC2CC(C)(OC)C(O)C(C)O2)C(C)C(OC2OC(C)CC(NC)C2O)C(C)(O)CC(C)/C(=N/OCOCCOC)C(C)C(O)C1(C)O. The van der Waals surface area contributed by atoms with Crippen LogP contribution >= 0.6 is 0 Å². The molecule has 0 aromatic carbocycles. The number of carbonyl (C=O) groups is 1. The third-order valence-corrected chi connectivity index (χ3v) is 12.3. The summed E-state index contributed by atoms with van der Waals surface area (Å²) in [6, 6.07) is -0.379. The highest BCUT2D eigenvalue weighted by atomic mass is 16.7. The Morgan fingerprint density at radius 1 is 0.912 bits per heavy atom. The molecule has 3 aliphatic heterocycles. The molecular weight excluding hydrogens is 748 g/mol. The Labute approximate surface area is 339 Å². The van der Waals surface area contributed by atoms with Crippen molar-refractivity contribution < 1.29 is 73.1 Å². The molecular formula is C40H74N2O15. The maximum Gasteiger partial charge on any atom is 0.311 e. The van der Waals surface area contributed by atoms with E-state index in [-0.39, 0.29) is 44.8 Å². The molecule has 0 saturated carbocycles. The van der Waals surface area contributed by atoms with Gasteiger partial charge < -0.3 is 73.6 Å². The molecule has 3 heterocycles. The van der Waals surface area contributed by atoms with E-state index in [4.69, 9.17) is 42.7 Å². The monoisotopic (exact) mass is 823 g/mol. The molecule has 57 heavy (non-hydrogen) atoms. The predicted molar refractivity (Wildman–Crippen MR) is 208 cm³/mol. The molecule has 0 bridgehead atoms. The number of oxime groups is 1. The van der Waals surface area contributed by atoms with Gasteiger partial charge in [-0.2, -0.15) is 0 Å². The Kier molecular flexibility index (Phi) is 18.6. The Bertz CT molecular complexity index is 1270. The minimum atomic E-state index is -1.97. The summed E-state index contributed by atoms with van der Waals surface area (Å²) < 4.78 is 47.9. The number of likely N-dealkylation sites (N-methyl/N-ethyl adjacent to an activating group) is 1. The lowest BCUT2D eigenvalue weighted by atomic mass is 9.73. The van der Waals surface area contributed by atoms with Gasteiger partial charge in [0.1, 0.15) is 23.9 Å². The van der Waals surface area contributed by atoms with Crippen LogP contribution in [0.1, 0.15) is 94.9 Å². The van der Waals surface area contributed by atoms with E-state index < -0.39 is 102 Å². The quantitative estimate of drug-likeness (QED) is 0.0675. The molecule has 6 N–H and O–H groups in total. The molecule has 17 heteroatoms. The maximum atomic E-state index is 14.3. The van der Waals surface area contributed by atoms with Crippen molar-refractivity contribution in [3.8, 4) is 0 Å². The fraction of sp³-hybridized carbons (Fsp3) is 0.950. The van der Waals surface area contributed by atoms with Crippen LogP contribution in [0.2, 0.25) is 0 Å². The number of nitrogens with one attached hydrogen (secondary N) is 1. The number of rotatable bonds is 13. The first-order valence-electron chi connectivity index (χ1n) is 20.4. The van der Waals surface area contributed by atoms with Gasteiger partial charge in [-0.3, -0.25) is 4.79 Å². The molecule has 18 atom stereocenters. The van der Waals surface area contributed by atoms with Gasteiger partial charge in [0.2, 0.25) is 6.79 Å². The summed E-state index contributed by atoms with van der Waals surface area (Å²) in [6.07, 6.45) is -9.54. The molecule has 0 amide bonds. The largest absolute Gasteiger partial charge is 0.459 e. The lowest BCUT2D eigenvalue weighted by molar-refractivity contribution is -0.315. The van der Waals surface area contributed by atoms with Gasteiger partial charge >= 0.3 is 5.97 Å². The third kappa shape index (κ3) is 12.0. The summed E-state index contributed by atoms with van der Waals surface area (Å²) in [4.78, 5) is 19.8. The summed E-state index contributed by atoms with van der Waals surface area (Å²) in [5, 5.41) is 66.4. The maximum absolute atomic E-state index is 14.3. The highest BCUT2D eigenvalue weighted by Crippen LogP contribution is 2.41. The molecule has 0 aromatic rings. The minimum absolute atomic E-state index is 0.0323. The van der Waals surface area contributed by atoms with E-state index in [9.17, 15) is 30.3 Å². The molecule has 3 rings (SSSR count). The highest BCUT2D eigenvalue weighted by molar-refractivity contribution is 5.88. The Hall–Kier alpha value is -1.58.